The number of hydrogen-bond donors (Lipinski definition) is 1. The fraction of sp³-hybridized carbons (Fsp3) is 0.125. The van der Waals surface area contributed by atoms with Crippen molar-refractivity contribution in [3.63, 3.8) is 0 Å². The summed E-state index contributed by atoms with van der Waals surface area (Å²) in [4.78, 5) is 13.7. The molecule has 2 rings (SSSR count). The lowest BCUT2D eigenvalue weighted by Gasteiger charge is -2.22. The minimum absolute atomic E-state index is 0.377. The van der Waals surface area contributed by atoms with E-state index in [0.29, 0.717) is 22.5 Å². The van der Waals surface area contributed by atoms with E-state index in [1.54, 1.807) is 36.4 Å². The van der Waals surface area contributed by atoms with E-state index in [4.69, 9.17) is 15.7 Å². The molecule has 0 unspecified atom stereocenters. The van der Waals surface area contributed by atoms with Crippen LogP contribution in [0, 0.1) is 11.3 Å². The number of carbonyl (C=O) groups is 1. The topological polar surface area (TPSA) is 79.3 Å². The Bertz CT molecular complexity index is 720. The quantitative estimate of drug-likeness (QED) is 0.691. The summed E-state index contributed by atoms with van der Waals surface area (Å²) in [5, 5.41) is 8.97. The molecule has 0 bridgehead atoms. The maximum Gasteiger partial charge on any atom is 0.340 e. The maximum absolute atomic E-state index is 11.9. The van der Waals surface area contributed by atoms with Gasteiger partial charge in [0, 0.05) is 18.4 Å². The van der Waals surface area contributed by atoms with Crippen molar-refractivity contribution < 1.29 is 9.53 Å². The molecule has 2 aromatic rings. The molecule has 5 heteroatoms. The van der Waals surface area contributed by atoms with Crippen molar-refractivity contribution in [2.24, 2.45) is 0 Å². The normalized spacial score (nSPS) is 9.76. The molecule has 0 heterocycles. The number of nitrogen functional groups attached to an aromatic ring is 1. The highest BCUT2D eigenvalue weighted by atomic mass is 16.5. The highest BCUT2D eigenvalue weighted by Crippen LogP contribution is 2.29. The summed E-state index contributed by atoms with van der Waals surface area (Å²) >= 11 is 0. The molecule has 0 amide bonds. The maximum atomic E-state index is 11.9. The molecular weight excluding hydrogens is 266 g/mol. The number of esters is 1. The van der Waals surface area contributed by atoms with E-state index in [-0.39, 0.29) is 0 Å². The lowest BCUT2D eigenvalue weighted by Crippen LogP contribution is -2.15. The van der Waals surface area contributed by atoms with Gasteiger partial charge >= 0.3 is 5.97 Å². The van der Waals surface area contributed by atoms with Crippen LogP contribution in [-0.4, -0.2) is 20.1 Å². The van der Waals surface area contributed by atoms with Crippen LogP contribution in [0.25, 0.3) is 0 Å². The number of rotatable bonds is 3. The molecule has 0 spiro atoms. The van der Waals surface area contributed by atoms with Gasteiger partial charge in [0.15, 0.2) is 0 Å². The molecule has 0 aromatic heterocycles. The first-order valence-electron chi connectivity index (χ1n) is 6.28. The molecule has 0 fully saturated rings. The van der Waals surface area contributed by atoms with Gasteiger partial charge in [0.05, 0.1) is 30.0 Å². The number of carbonyl (C=O) groups excluding carboxylic acids is 1. The van der Waals surface area contributed by atoms with Crippen LogP contribution in [0.15, 0.2) is 42.5 Å². The Kier molecular flexibility index (Phi) is 4.10. The van der Waals surface area contributed by atoms with Crippen LogP contribution in [-0.2, 0) is 4.74 Å². The van der Waals surface area contributed by atoms with Crippen molar-refractivity contribution in [3.05, 3.63) is 53.6 Å². The van der Waals surface area contributed by atoms with Crippen molar-refractivity contribution in [3.8, 4) is 6.07 Å². The molecule has 21 heavy (non-hydrogen) atoms. The second-order valence-corrected chi connectivity index (χ2v) is 4.49. The highest BCUT2D eigenvalue weighted by molar-refractivity contribution is 5.97. The molecule has 0 aliphatic heterocycles. The van der Waals surface area contributed by atoms with E-state index in [9.17, 15) is 4.79 Å². The number of nitriles is 1. The predicted octanol–water partition coefficient (Wildman–Crippen LogP) is 2.69. The third-order valence-electron chi connectivity index (χ3n) is 3.15. The fourth-order valence-electron chi connectivity index (χ4n) is 2.04. The Hall–Kier alpha value is -3.00. The van der Waals surface area contributed by atoms with Crippen LogP contribution in [0.1, 0.15) is 15.9 Å². The van der Waals surface area contributed by atoms with Gasteiger partial charge in [0.25, 0.3) is 0 Å². The summed E-state index contributed by atoms with van der Waals surface area (Å²) in [7, 11) is 3.14. The molecule has 2 aromatic carbocycles. The number of anilines is 3. The molecular formula is C16H15N3O2. The zero-order chi connectivity index (χ0) is 15.4. The summed E-state index contributed by atoms with van der Waals surface area (Å²) in [6.45, 7) is 0. The van der Waals surface area contributed by atoms with Crippen LogP contribution >= 0.6 is 0 Å². The molecule has 0 atom stereocenters. The zero-order valence-corrected chi connectivity index (χ0v) is 11.8. The Balaban J connectivity index is 2.50. The van der Waals surface area contributed by atoms with Crippen molar-refractivity contribution in [1.82, 2.24) is 0 Å². The number of ether oxygens (including phenoxy) is 1. The van der Waals surface area contributed by atoms with E-state index in [1.165, 1.54) is 7.11 Å². The van der Waals surface area contributed by atoms with Crippen LogP contribution in [0.2, 0.25) is 0 Å². The van der Waals surface area contributed by atoms with Gasteiger partial charge in [-0.3, -0.25) is 0 Å². The smallest absolute Gasteiger partial charge is 0.340 e. The first-order chi connectivity index (χ1) is 10.1. The average molecular weight is 281 g/mol. The van der Waals surface area contributed by atoms with Crippen molar-refractivity contribution >= 4 is 23.0 Å². The average Bonchev–Trinajstić information content (AvgIpc) is 2.53. The zero-order valence-electron chi connectivity index (χ0n) is 11.8. The summed E-state index contributed by atoms with van der Waals surface area (Å²) < 4.78 is 4.79. The van der Waals surface area contributed by atoms with Gasteiger partial charge in [-0.1, -0.05) is 6.07 Å². The summed E-state index contributed by atoms with van der Waals surface area (Å²) in [6, 6.07) is 14.3. The van der Waals surface area contributed by atoms with Gasteiger partial charge in [0.1, 0.15) is 0 Å². The Labute approximate surface area is 123 Å². The summed E-state index contributed by atoms with van der Waals surface area (Å²) in [5.74, 6) is -0.458. The van der Waals surface area contributed by atoms with E-state index in [1.807, 2.05) is 18.0 Å². The first kappa shape index (κ1) is 14.4. The van der Waals surface area contributed by atoms with Gasteiger partial charge in [0.2, 0.25) is 0 Å². The predicted molar refractivity (Wildman–Crippen MR) is 81.4 cm³/mol. The minimum Gasteiger partial charge on any atom is -0.465 e. The summed E-state index contributed by atoms with van der Waals surface area (Å²) in [6.07, 6.45) is 0. The van der Waals surface area contributed by atoms with E-state index in [0.717, 1.165) is 5.69 Å². The van der Waals surface area contributed by atoms with Crippen LogP contribution in [0.4, 0.5) is 17.1 Å². The largest absolute Gasteiger partial charge is 0.465 e. The number of hydrogen-bond acceptors (Lipinski definition) is 5. The molecule has 106 valence electrons. The van der Waals surface area contributed by atoms with Gasteiger partial charge in [-0.05, 0) is 36.4 Å². The molecule has 0 saturated heterocycles. The van der Waals surface area contributed by atoms with Crippen molar-refractivity contribution in [2.75, 3.05) is 24.8 Å². The number of methoxy groups -OCH3 is 1. The molecule has 0 aliphatic rings. The Morgan fingerprint density at radius 1 is 1.29 bits per heavy atom. The van der Waals surface area contributed by atoms with Crippen LogP contribution < -0.4 is 10.6 Å². The molecule has 0 saturated carbocycles. The van der Waals surface area contributed by atoms with Gasteiger partial charge in [-0.15, -0.1) is 0 Å². The standard InChI is InChI=1S/C16H15N3O2/c1-19(13-5-3-4-11(8-13)10-17)15-7-6-12(18)9-14(15)16(20)21-2/h3-9H,18H2,1-2H3. The molecule has 5 nitrogen and oxygen atoms in total. The van der Waals surface area contributed by atoms with Gasteiger partial charge in [-0.25, -0.2) is 4.79 Å². The summed E-state index contributed by atoms with van der Waals surface area (Å²) in [5.41, 5.74) is 8.60. The second-order valence-electron chi connectivity index (χ2n) is 4.49. The highest BCUT2D eigenvalue weighted by Gasteiger charge is 2.16. The lowest BCUT2D eigenvalue weighted by atomic mass is 10.1. The lowest BCUT2D eigenvalue weighted by molar-refractivity contribution is 0.0601. The second kappa shape index (κ2) is 5.97. The number of nitrogens with zero attached hydrogens (tertiary/aromatic N) is 2. The van der Waals surface area contributed by atoms with Crippen LogP contribution in [0.5, 0.6) is 0 Å². The SMILES string of the molecule is COC(=O)c1cc(N)ccc1N(C)c1cccc(C#N)c1. The third kappa shape index (κ3) is 2.95. The fourth-order valence-corrected chi connectivity index (χ4v) is 2.04. The van der Waals surface area contributed by atoms with Gasteiger partial charge in [-0.2, -0.15) is 5.26 Å². The van der Waals surface area contributed by atoms with Crippen LogP contribution in [0.3, 0.4) is 0 Å². The first-order valence-corrected chi connectivity index (χ1v) is 6.28. The number of nitrogens with two attached hydrogens (primary N) is 1. The molecule has 0 radical (unpaired) electrons. The Morgan fingerprint density at radius 3 is 2.71 bits per heavy atom. The monoisotopic (exact) mass is 281 g/mol. The van der Waals surface area contributed by atoms with E-state index >= 15 is 0 Å². The third-order valence-corrected chi connectivity index (χ3v) is 3.15. The number of benzene rings is 2. The van der Waals surface area contributed by atoms with E-state index < -0.39 is 5.97 Å². The van der Waals surface area contributed by atoms with Crippen molar-refractivity contribution in [1.29, 1.82) is 5.26 Å². The van der Waals surface area contributed by atoms with Gasteiger partial charge < -0.3 is 15.4 Å². The minimum atomic E-state index is -0.458. The van der Waals surface area contributed by atoms with Crippen molar-refractivity contribution in [2.45, 2.75) is 0 Å². The van der Waals surface area contributed by atoms with E-state index in [2.05, 4.69) is 6.07 Å². The Morgan fingerprint density at radius 2 is 2.05 bits per heavy atom. The molecule has 2 N–H and O–H groups in total. The molecule has 0 aliphatic carbocycles.